The molecule has 2 heterocycles. The van der Waals surface area contributed by atoms with Crippen molar-refractivity contribution in [3.63, 3.8) is 0 Å². The molecule has 0 saturated carbocycles. The maximum absolute atomic E-state index is 12.4. The normalized spacial score (nSPS) is 12.9. The SMILES string of the molecule is O=C(Nc1nnc2n1CCS2)c1ccc(-c2ccccc2)cc1. The fraction of sp³-hybridized carbons (Fsp3) is 0.118. The smallest absolute Gasteiger partial charge is 0.258 e. The van der Waals surface area contributed by atoms with Crippen molar-refractivity contribution in [3.05, 3.63) is 60.2 Å². The van der Waals surface area contributed by atoms with Gasteiger partial charge in [-0.05, 0) is 23.3 Å². The minimum atomic E-state index is -0.170. The fourth-order valence-corrected chi connectivity index (χ4v) is 3.42. The Kier molecular flexibility index (Phi) is 3.59. The van der Waals surface area contributed by atoms with Gasteiger partial charge in [-0.1, -0.05) is 54.2 Å². The Balaban J connectivity index is 1.52. The van der Waals surface area contributed by atoms with Crippen molar-refractivity contribution in [2.75, 3.05) is 11.1 Å². The van der Waals surface area contributed by atoms with Gasteiger partial charge in [0.25, 0.3) is 5.91 Å². The van der Waals surface area contributed by atoms with Crippen LogP contribution in [0.4, 0.5) is 5.95 Å². The molecule has 23 heavy (non-hydrogen) atoms. The Morgan fingerprint density at radius 1 is 1.00 bits per heavy atom. The average Bonchev–Trinajstić information content (AvgIpc) is 3.21. The Labute approximate surface area is 137 Å². The van der Waals surface area contributed by atoms with Gasteiger partial charge in [0.15, 0.2) is 5.16 Å². The molecule has 3 aromatic rings. The number of nitrogens with one attached hydrogen (secondary N) is 1. The summed E-state index contributed by atoms with van der Waals surface area (Å²) < 4.78 is 1.93. The maximum atomic E-state index is 12.4. The molecule has 0 atom stereocenters. The monoisotopic (exact) mass is 322 g/mol. The van der Waals surface area contributed by atoms with Crippen molar-refractivity contribution < 1.29 is 4.79 Å². The number of carbonyl (C=O) groups is 1. The van der Waals surface area contributed by atoms with Gasteiger partial charge < -0.3 is 0 Å². The first-order valence-electron chi connectivity index (χ1n) is 7.34. The Hall–Kier alpha value is -2.60. The fourth-order valence-electron chi connectivity index (χ4n) is 2.54. The molecule has 0 aliphatic carbocycles. The summed E-state index contributed by atoms with van der Waals surface area (Å²) in [7, 11) is 0. The number of aromatic nitrogens is 3. The molecule has 1 aliphatic rings. The van der Waals surface area contributed by atoms with Gasteiger partial charge in [-0.3, -0.25) is 14.7 Å². The number of hydrogen-bond donors (Lipinski definition) is 1. The zero-order valence-corrected chi connectivity index (χ0v) is 13.1. The topological polar surface area (TPSA) is 59.8 Å². The van der Waals surface area contributed by atoms with Crippen molar-refractivity contribution >= 4 is 23.6 Å². The predicted octanol–water partition coefficient (Wildman–Crippen LogP) is 3.30. The second-order valence-corrected chi connectivity index (χ2v) is 6.27. The van der Waals surface area contributed by atoms with Crippen LogP contribution < -0.4 is 5.32 Å². The van der Waals surface area contributed by atoms with Crippen molar-refractivity contribution in [1.29, 1.82) is 0 Å². The summed E-state index contributed by atoms with van der Waals surface area (Å²) in [5.41, 5.74) is 2.82. The van der Waals surface area contributed by atoms with E-state index >= 15 is 0 Å². The second kappa shape index (κ2) is 5.89. The van der Waals surface area contributed by atoms with Crippen LogP contribution >= 0.6 is 11.8 Å². The van der Waals surface area contributed by atoms with Crippen molar-refractivity contribution in [2.45, 2.75) is 11.7 Å². The highest BCUT2D eigenvalue weighted by Gasteiger charge is 2.19. The Morgan fingerprint density at radius 2 is 1.74 bits per heavy atom. The minimum absolute atomic E-state index is 0.170. The van der Waals surface area contributed by atoms with Crippen LogP contribution in [0.3, 0.4) is 0 Å². The molecule has 4 rings (SSSR count). The highest BCUT2D eigenvalue weighted by Crippen LogP contribution is 2.26. The molecular formula is C17H14N4OS. The Morgan fingerprint density at radius 3 is 2.52 bits per heavy atom. The lowest BCUT2D eigenvalue weighted by Crippen LogP contribution is -2.15. The van der Waals surface area contributed by atoms with Gasteiger partial charge in [0.05, 0.1) is 0 Å². The summed E-state index contributed by atoms with van der Waals surface area (Å²) in [6.45, 7) is 0.829. The van der Waals surface area contributed by atoms with Gasteiger partial charge in [0.2, 0.25) is 5.95 Å². The molecule has 0 unspecified atom stereocenters. The van der Waals surface area contributed by atoms with E-state index in [1.807, 2.05) is 59.2 Å². The molecule has 0 spiro atoms. The van der Waals surface area contributed by atoms with E-state index in [0.29, 0.717) is 11.5 Å². The van der Waals surface area contributed by atoms with Crippen molar-refractivity contribution in [2.24, 2.45) is 0 Å². The van der Waals surface area contributed by atoms with Gasteiger partial charge in [-0.25, -0.2) is 0 Å². The molecule has 0 saturated heterocycles. The largest absolute Gasteiger partial charge is 0.290 e. The molecule has 2 aromatic carbocycles. The summed E-state index contributed by atoms with van der Waals surface area (Å²) in [4.78, 5) is 12.4. The molecule has 1 aromatic heterocycles. The van der Waals surface area contributed by atoms with Gasteiger partial charge in [0.1, 0.15) is 0 Å². The highest BCUT2D eigenvalue weighted by molar-refractivity contribution is 7.99. The van der Waals surface area contributed by atoms with E-state index in [-0.39, 0.29) is 5.91 Å². The van der Waals surface area contributed by atoms with Crippen LogP contribution in [0.5, 0.6) is 0 Å². The first kappa shape index (κ1) is 14.0. The van der Waals surface area contributed by atoms with Crippen molar-refractivity contribution in [3.8, 4) is 11.1 Å². The molecule has 1 aliphatic heterocycles. The third-order valence-electron chi connectivity index (χ3n) is 3.74. The van der Waals surface area contributed by atoms with E-state index in [0.717, 1.165) is 28.6 Å². The first-order chi connectivity index (χ1) is 11.3. The third kappa shape index (κ3) is 2.73. The lowest BCUT2D eigenvalue weighted by atomic mass is 10.0. The quantitative estimate of drug-likeness (QED) is 0.804. The van der Waals surface area contributed by atoms with Crippen LogP contribution in [0.1, 0.15) is 10.4 Å². The molecular weight excluding hydrogens is 308 g/mol. The summed E-state index contributed by atoms with van der Waals surface area (Å²) >= 11 is 1.65. The van der Waals surface area contributed by atoms with Crippen LogP contribution in [0.2, 0.25) is 0 Å². The van der Waals surface area contributed by atoms with Crippen LogP contribution in [0.15, 0.2) is 59.8 Å². The molecule has 114 valence electrons. The molecule has 1 amide bonds. The molecule has 0 fully saturated rings. The molecule has 0 radical (unpaired) electrons. The number of hydrogen-bond acceptors (Lipinski definition) is 4. The number of fused-ring (bicyclic) bond motifs is 1. The van der Waals surface area contributed by atoms with E-state index in [2.05, 4.69) is 15.5 Å². The van der Waals surface area contributed by atoms with Crippen LogP contribution in [0, 0.1) is 0 Å². The molecule has 5 nitrogen and oxygen atoms in total. The number of nitrogens with zero attached hydrogens (tertiary/aromatic N) is 3. The van der Waals surface area contributed by atoms with E-state index in [1.54, 1.807) is 11.8 Å². The zero-order valence-electron chi connectivity index (χ0n) is 12.3. The van der Waals surface area contributed by atoms with Crippen LogP contribution in [0.25, 0.3) is 11.1 Å². The van der Waals surface area contributed by atoms with Crippen LogP contribution in [-0.4, -0.2) is 26.4 Å². The van der Waals surface area contributed by atoms with Gasteiger partial charge in [-0.2, -0.15) is 0 Å². The highest BCUT2D eigenvalue weighted by atomic mass is 32.2. The number of anilines is 1. The van der Waals surface area contributed by atoms with Gasteiger partial charge >= 0.3 is 0 Å². The van der Waals surface area contributed by atoms with E-state index in [4.69, 9.17) is 0 Å². The second-order valence-electron chi connectivity index (χ2n) is 5.20. The number of amides is 1. The maximum Gasteiger partial charge on any atom is 0.258 e. The summed E-state index contributed by atoms with van der Waals surface area (Å²) in [6.07, 6.45) is 0. The lowest BCUT2D eigenvalue weighted by molar-refractivity contribution is 0.102. The summed E-state index contributed by atoms with van der Waals surface area (Å²) in [5.74, 6) is 1.32. The lowest BCUT2D eigenvalue weighted by Gasteiger charge is -2.06. The van der Waals surface area contributed by atoms with E-state index < -0.39 is 0 Å². The minimum Gasteiger partial charge on any atom is -0.290 e. The zero-order chi connectivity index (χ0) is 15.6. The first-order valence-corrected chi connectivity index (χ1v) is 8.33. The number of carbonyl (C=O) groups excluding carboxylic acids is 1. The average molecular weight is 322 g/mol. The Bertz CT molecular complexity index is 843. The number of benzene rings is 2. The van der Waals surface area contributed by atoms with Gasteiger partial charge in [-0.15, -0.1) is 10.2 Å². The van der Waals surface area contributed by atoms with Crippen LogP contribution in [-0.2, 0) is 6.54 Å². The van der Waals surface area contributed by atoms with Crippen molar-refractivity contribution in [1.82, 2.24) is 14.8 Å². The summed E-state index contributed by atoms with van der Waals surface area (Å²) in [6, 6.07) is 17.6. The predicted molar refractivity (Wildman–Crippen MR) is 90.6 cm³/mol. The number of rotatable bonds is 3. The standard InChI is InChI=1S/C17H14N4OS/c22-15(18-16-19-20-17-21(16)10-11-23-17)14-8-6-13(7-9-14)12-4-2-1-3-5-12/h1-9H,10-11H2,(H,18,19,22). The van der Waals surface area contributed by atoms with Gasteiger partial charge in [0, 0.05) is 17.9 Å². The summed E-state index contributed by atoms with van der Waals surface area (Å²) in [5, 5.41) is 11.8. The molecule has 1 N–H and O–H groups in total. The molecule has 6 heteroatoms. The van der Waals surface area contributed by atoms with E-state index in [9.17, 15) is 4.79 Å². The van der Waals surface area contributed by atoms with E-state index in [1.165, 1.54) is 0 Å². The number of thioether (sulfide) groups is 1. The molecule has 0 bridgehead atoms. The third-order valence-corrected chi connectivity index (χ3v) is 4.69.